The summed E-state index contributed by atoms with van der Waals surface area (Å²) in [5, 5.41) is -0.814. The molecule has 1 aliphatic carbocycles. The van der Waals surface area contributed by atoms with E-state index in [-0.39, 0.29) is 6.04 Å². The summed E-state index contributed by atoms with van der Waals surface area (Å²) in [6.07, 6.45) is 4.09. The van der Waals surface area contributed by atoms with Crippen molar-refractivity contribution in [2.24, 2.45) is 5.73 Å². The second-order valence-electron chi connectivity index (χ2n) is 4.48. The standard InChI is InChI=1S/C12H15F3N2S/c13-12(14,15)11-17-7-10(18-11)9(16)6-8-4-2-1-3-5-8/h4,7,9H,1-3,5-6,16H2. The van der Waals surface area contributed by atoms with Crippen LogP contribution < -0.4 is 5.73 Å². The predicted molar refractivity (Wildman–Crippen MR) is 65.2 cm³/mol. The third-order valence-corrected chi connectivity index (χ3v) is 4.17. The molecule has 1 unspecified atom stereocenters. The Kier molecular flexibility index (Phi) is 4.07. The van der Waals surface area contributed by atoms with E-state index in [1.807, 2.05) is 0 Å². The Morgan fingerprint density at radius 2 is 2.17 bits per heavy atom. The van der Waals surface area contributed by atoms with Gasteiger partial charge in [-0.1, -0.05) is 11.6 Å². The SMILES string of the molecule is NC(CC1=CCCCC1)c1cnc(C(F)(F)F)s1. The van der Waals surface area contributed by atoms with Crippen molar-refractivity contribution in [1.29, 1.82) is 0 Å². The maximum Gasteiger partial charge on any atom is 0.443 e. The number of rotatable bonds is 3. The molecular formula is C12H15F3N2S. The molecule has 1 atom stereocenters. The molecule has 1 heterocycles. The minimum absolute atomic E-state index is 0.372. The fraction of sp³-hybridized carbons (Fsp3) is 0.583. The number of nitrogens with zero attached hydrogens (tertiary/aromatic N) is 1. The molecule has 1 aromatic heterocycles. The zero-order valence-electron chi connectivity index (χ0n) is 9.83. The largest absolute Gasteiger partial charge is 0.443 e. The molecule has 0 bridgehead atoms. The van der Waals surface area contributed by atoms with E-state index >= 15 is 0 Å². The summed E-state index contributed by atoms with van der Waals surface area (Å²) in [6, 6.07) is -0.372. The second kappa shape index (κ2) is 5.40. The maximum atomic E-state index is 12.4. The summed E-state index contributed by atoms with van der Waals surface area (Å²) in [5.41, 5.74) is 7.20. The van der Waals surface area contributed by atoms with Gasteiger partial charge < -0.3 is 5.73 Å². The van der Waals surface area contributed by atoms with E-state index in [2.05, 4.69) is 11.1 Å². The molecular weight excluding hydrogens is 261 g/mol. The highest BCUT2D eigenvalue weighted by Gasteiger charge is 2.35. The second-order valence-corrected chi connectivity index (χ2v) is 5.55. The molecule has 0 amide bonds. The lowest BCUT2D eigenvalue weighted by molar-refractivity contribution is -0.137. The lowest BCUT2D eigenvalue weighted by atomic mass is 9.94. The van der Waals surface area contributed by atoms with Crippen molar-refractivity contribution in [1.82, 2.24) is 4.98 Å². The first-order valence-electron chi connectivity index (χ1n) is 5.93. The number of nitrogens with two attached hydrogens (primary N) is 1. The highest BCUT2D eigenvalue weighted by Crippen LogP contribution is 2.35. The van der Waals surface area contributed by atoms with Gasteiger partial charge in [0.05, 0.1) is 0 Å². The zero-order valence-corrected chi connectivity index (χ0v) is 10.7. The Balaban J connectivity index is 2.02. The molecule has 2 N–H and O–H groups in total. The van der Waals surface area contributed by atoms with E-state index in [1.54, 1.807) is 0 Å². The summed E-state index contributed by atoms with van der Waals surface area (Å²) in [6.45, 7) is 0. The monoisotopic (exact) mass is 276 g/mol. The van der Waals surface area contributed by atoms with Crippen LogP contribution in [0, 0.1) is 0 Å². The smallest absolute Gasteiger partial charge is 0.323 e. The zero-order chi connectivity index (χ0) is 13.2. The van der Waals surface area contributed by atoms with Crippen molar-refractivity contribution >= 4 is 11.3 Å². The molecule has 2 rings (SSSR count). The average molecular weight is 276 g/mol. The Labute approximate surface area is 108 Å². The van der Waals surface area contributed by atoms with E-state index < -0.39 is 11.2 Å². The number of aromatic nitrogens is 1. The lowest BCUT2D eigenvalue weighted by Crippen LogP contribution is -2.10. The maximum absolute atomic E-state index is 12.4. The summed E-state index contributed by atoms with van der Waals surface area (Å²) in [5.74, 6) is 0. The summed E-state index contributed by atoms with van der Waals surface area (Å²) >= 11 is 0.648. The Bertz CT molecular complexity index is 437. The van der Waals surface area contributed by atoms with Crippen LogP contribution in [0.3, 0.4) is 0 Å². The molecule has 1 aromatic rings. The van der Waals surface area contributed by atoms with Gasteiger partial charge in [0.25, 0.3) is 0 Å². The van der Waals surface area contributed by atoms with E-state index in [9.17, 15) is 13.2 Å². The first kappa shape index (κ1) is 13.5. The predicted octanol–water partition coefficient (Wildman–Crippen LogP) is 4.05. The van der Waals surface area contributed by atoms with Crippen LogP contribution in [-0.4, -0.2) is 4.98 Å². The fourth-order valence-corrected chi connectivity index (χ4v) is 2.85. The van der Waals surface area contributed by atoms with Gasteiger partial charge in [-0.15, -0.1) is 11.3 Å². The van der Waals surface area contributed by atoms with Crippen LogP contribution in [0.15, 0.2) is 17.8 Å². The van der Waals surface area contributed by atoms with Crippen LogP contribution in [0.1, 0.15) is 48.0 Å². The van der Waals surface area contributed by atoms with Crippen LogP contribution in [0.5, 0.6) is 0 Å². The van der Waals surface area contributed by atoms with Crippen molar-refractivity contribution in [3.63, 3.8) is 0 Å². The first-order chi connectivity index (χ1) is 8.47. The van der Waals surface area contributed by atoms with Gasteiger partial charge in [0, 0.05) is 17.1 Å². The number of thiazole rings is 1. The van der Waals surface area contributed by atoms with Gasteiger partial charge in [0.1, 0.15) is 0 Å². The quantitative estimate of drug-likeness (QED) is 0.846. The van der Waals surface area contributed by atoms with E-state index in [1.165, 1.54) is 18.2 Å². The summed E-state index contributed by atoms with van der Waals surface area (Å²) in [4.78, 5) is 3.90. The van der Waals surface area contributed by atoms with E-state index in [0.29, 0.717) is 22.6 Å². The van der Waals surface area contributed by atoms with Crippen molar-refractivity contribution in [3.8, 4) is 0 Å². The molecule has 0 saturated carbocycles. The molecule has 1 aliphatic rings. The Morgan fingerprint density at radius 1 is 1.39 bits per heavy atom. The van der Waals surface area contributed by atoms with Gasteiger partial charge in [-0.05, 0) is 32.1 Å². The first-order valence-corrected chi connectivity index (χ1v) is 6.75. The normalized spacial score (nSPS) is 18.6. The van der Waals surface area contributed by atoms with Crippen molar-refractivity contribution < 1.29 is 13.2 Å². The highest BCUT2D eigenvalue weighted by molar-refractivity contribution is 7.11. The number of hydrogen-bond acceptors (Lipinski definition) is 3. The number of halogens is 3. The van der Waals surface area contributed by atoms with Gasteiger partial charge in [-0.2, -0.15) is 13.2 Å². The van der Waals surface area contributed by atoms with Crippen LogP contribution in [0.4, 0.5) is 13.2 Å². The van der Waals surface area contributed by atoms with Gasteiger partial charge in [-0.3, -0.25) is 0 Å². The average Bonchev–Trinajstić information content (AvgIpc) is 2.79. The van der Waals surface area contributed by atoms with Gasteiger partial charge in [-0.25, -0.2) is 4.98 Å². The van der Waals surface area contributed by atoms with Gasteiger partial charge in [0.2, 0.25) is 0 Å². The number of alkyl halides is 3. The van der Waals surface area contributed by atoms with Crippen LogP contribution in [0.25, 0.3) is 0 Å². The molecule has 0 saturated heterocycles. The van der Waals surface area contributed by atoms with E-state index in [0.717, 1.165) is 19.3 Å². The number of allylic oxidation sites excluding steroid dienone is 1. The molecule has 0 radical (unpaired) electrons. The van der Waals surface area contributed by atoms with Crippen LogP contribution >= 0.6 is 11.3 Å². The van der Waals surface area contributed by atoms with Crippen molar-refractivity contribution in [2.75, 3.05) is 0 Å². The Morgan fingerprint density at radius 3 is 2.72 bits per heavy atom. The Hall–Kier alpha value is -0.880. The van der Waals surface area contributed by atoms with Gasteiger partial charge in [0.15, 0.2) is 5.01 Å². The van der Waals surface area contributed by atoms with Crippen LogP contribution in [0.2, 0.25) is 0 Å². The molecule has 0 aliphatic heterocycles. The molecule has 18 heavy (non-hydrogen) atoms. The molecule has 0 spiro atoms. The van der Waals surface area contributed by atoms with Crippen molar-refractivity contribution in [2.45, 2.75) is 44.3 Å². The third kappa shape index (κ3) is 3.32. The minimum Gasteiger partial charge on any atom is -0.323 e. The van der Waals surface area contributed by atoms with Crippen molar-refractivity contribution in [3.05, 3.63) is 27.7 Å². The molecule has 2 nitrogen and oxygen atoms in total. The third-order valence-electron chi connectivity index (χ3n) is 3.00. The minimum atomic E-state index is -4.37. The molecule has 6 heteroatoms. The molecule has 0 aromatic carbocycles. The molecule has 0 fully saturated rings. The number of hydrogen-bond donors (Lipinski definition) is 1. The summed E-state index contributed by atoms with van der Waals surface area (Å²) < 4.78 is 37.3. The fourth-order valence-electron chi connectivity index (χ4n) is 2.06. The lowest BCUT2D eigenvalue weighted by Gasteiger charge is -2.16. The van der Waals surface area contributed by atoms with E-state index in [4.69, 9.17) is 5.73 Å². The highest BCUT2D eigenvalue weighted by atomic mass is 32.1. The summed E-state index contributed by atoms with van der Waals surface area (Å²) in [7, 11) is 0. The van der Waals surface area contributed by atoms with Crippen LogP contribution in [-0.2, 0) is 6.18 Å². The molecule has 100 valence electrons. The topological polar surface area (TPSA) is 38.9 Å². The van der Waals surface area contributed by atoms with Gasteiger partial charge >= 0.3 is 6.18 Å².